The number of piperidine rings is 1. The lowest BCUT2D eigenvalue weighted by molar-refractivity contribution is 0.0165. The van der Waals surface area contributed by atoms with E-state index in [1.807, 2.05) is 0 Å². The molecule has 0 N–H and O–H groups in total. The molecule has 21 heavy (non-hydrogen) atoms. The van der Waals surface area contributed by atoms with E-state index >= 15 is 0 Å². The minimum atomic E-state index is 0.0719. The van der Waals surface area contributed by atoms with Crippen molar-refractivity contribution in [1.29, 1.82) is 0 Å². The molecule has 2 aliphatic rings. The van der Waals surface area contributed by atoms with Crippen molar-refractivity contribution in [3.63, 3.8) is 0 Å². The summed E-state index contributed by atoms with van der Waals surface area (Å²) in [6.45, 7) is 12.7. The lowest BCUT2D eigenvalue weighted by atomic mass is 9.70. The molecule has 2 heteroatoms. The van der Waals surface area contributed by atoms with Crippen LogP contribution < -0.4 is 0 Å². The molecule has 0 spiro atoms. The molecule has 0 saturated carbocycles. The molecular formula is C19H29NO. The summed E-state index contributed by atoms with van der Waals surface area (Å²) in [5.74, 6) is 0.573. The van der Waals surface area contributed by atoms with Crippen molar-refractivity contribution in [3.05, 3.63) is 35.9 Å². The van der Waals surface area contributed by atoms with Gasteiger partial charge in [-0.2, -0.15) is 0 Å². The summed E-state index contributed by atoms with van der Waals surface area (Å²) in [7, 11) is 0. The SMILES string of the molecule is CC[C@@H]1N(Cc2ccccc2)[C@H](C)[C@H](C)[C@]2(C)O[C@]12CC. The van der Waals surface area contributed by atoms with Crippen LogP contribution in [0.4, 0.5) is 0 Å². The predicted octanol–water partition coefficient (Wildman–Crippen LogP) is 4.24. The summed E-state index contributed by atoms with van der Waals surface area (Å²) in [6, 6.07) is 11.9. The summed E-state index contributed by atoms with van der Waals surface area (Å²) in [6.07, 6.45) is 2.28. The Morgan fingerprint density at radius 3 is 2.38 bits per heavy atom. The van der Waals surface area contributed by atoms with Gasteiger partial charge in [0.2, 0.25) is 0 Å². The van der Waals surface area contributed by atoms with Crippen molar-refractivity contribution in [2.45, 2.75) is 77.3 Å². The third kappa shape index (κ3) is 1.99. The lowest BCUT2D eigenvalue weighted by Crippen LogP contribution is -2.60. The predicted molar refractivity (Wildman–Crippen MR) is 87.2 cm³/mol. The number of benzene rings is 1. The molecule has 1 aromatic carbocycles. The topological polar surface area (TPSA) is 15.8 Å². The van der Waals surface area contributed by atoms with E-state index in [1.54, 1.807) is 0 Å². The molecule has 116 valence electrons. The van der Waals surface area contributed by atoms with Crippen molar-refractivity contribution < 1.29 is 4.74 Å². The second-order valence-electron chi connectivity index (χ2n) is 7.06. The van der Waals surface area contributed by atoms with Crippen LogP contribution in [0.25, 0.3) is 0 Å². The Balaban J connectivity index is 1.91. The van der Waals surface area contributed by atoms with Gasteiger partial charge in [-0.1, -0.05) is 51.1 Å². The molecule has 2 saturated heterocycles. The highest BCUT2D eigenvalue weighted by Crippen LogP contribution is 2.63. The van der Waals surface area contributed by atoms with E-state index in [4.69, 9.17) is 4.74 Å². The number of epoxide rings is 1. The van der Waals surface area contributed by atoms with E-state index in [9.17, 15) is 0 Å². The highest BCUT2D eigenvalue weighted by Gasteiger charge is 2.75. The molecule has 2 fully saturated rings. The molecule has 0 radical (unpaired) electrons. The van der Waals surface area contributed by atoms with Gasteiger partial charge in [-0.05, 0) is 32.3 Å². The maximum absolute atomic E-state index is 6.41. The zero-order chi connectivity index (χ0) is 15.3. The normalized spacial score (nSPS) is 42.6. The molecule has 0 unspecified atom stereocenters. The van der Waals surface area contributed by atoms with Gasteiger partial charge in [0.05, 0.1) is 0 Å². The van der Waals surface area contributed by atoms with Gasteiger partial charge >= 0.3 is 0 Å². The number of rotatable bonds is 4. The van der Waals surface area contributed by atoms with Gasteiger partial charge in [-0.25, -0.2) is 0 Å². The maximum Gasteiger partial charge on any atom is 0.113 e. The van der Waals surface area contributed by atoms with Crippen molar-refractivity contribution in [2.24, 2.45) is 5.92 Å². The van der Waals surface area contributed by atoms with E-state index in [0.29, 0.717) is 18.0 Å². The van der Waals surface area contributed by atoms with Crippen LogP contribution in [0.3, 0.4) is 0 Å². The van der Waals surface area contributed by atoms with Crippen molar-refractivity contribution in [3.8, 4) is 0 Å². The fourth-order valence-corrected chi connectivity index (χ4v) is 4.80. The van der Waals surface area contributed by atoms with Gasteiger partial charge in [-0.15, -0.1) is 0 Å². The molecule has 5 atom stereocenters. The van der Waals surface area contributed by atoms with Gasteiger partial charge in [-0.3, -0.25) is 4.90 Å². The Kier molecular flexibility index (Phi) is 3.66. The number of hydrogen-bond donors (Lipinski definition) is 0. The van der Waals surface area contributed by atoms with Crippen LogP contribution in [0, 0.1) is 5.92 Å². The monoisotopic (exact) mass is 287 g/mol. The Bertz CT molecular complexity index is 502. The smallest absolute Gasteiger partial charge is 0.113 e. The van der Waals surface area contributed by atoms with Crippen molar-refractivity contribution in [1.82, 2.24) is 4.90 Å². The minimum Gasteiger partial charge on any atom is -0.361 e. The van der Waals surface area contributed by atoms with Crippen LogP contribution in [-0.2, 0) is 11.3 Å². The van der Waals surface area contributed by atoms with Gasteiger partial charge in [0, 0.05) is 24.5 Å². The van der Waals surface area contributed by atoms with Crippen molar-refractivity contribution in [2.75, 3.05) is 0 Å². The second-order valence-corrected chi connectivity index (χ2v) is 7.06. The quantitative estimate of drug-likeness (QED) is 0.770. The first-order valence-corrected chi connectivity index (χ1v) is 8.50. The van der Waals surface area contributed by atoms with Gasteiger partial charge in [0.1, 0.15) is 11.2 Å². The summed E-state index contributed by atoms with van der Waals surface area (Å²) in [5, 5.41) is 0. The molecule has 0 amide bonds. The molecule has 0 aliphatic carbocycles. The van der Waals surface area contributed by atoms with Gasteiger partial charge in [0.15, 0.2) is 0 Å². The van der Waals surface area contributed by atoms with Crippen LogP contribution in [0.5, 0.6) is 0 Å². The molecule has 3 rings (SSSR count). The fraction of sp³-hybridized carbons (Fsp3) is 0.684. The number of hydrogen-bond acceptors (Lipinski definition) is 2. The Morgan fingerprint density at radius 2 is 1.81 bits per heavy atom. The molecule has 2 aliphatic heterocycles. The zero-order valence-electron chi connectivity index (χ0n) is 14.1. The van der Waals surface area contributed by atoms with E-state index in [-0.39, 0.29) is 11.2 Å². The van der Waals surface area contributed by atoms with Crippen LogP contribution in [-0.4, -0.2) is 28.2 Å². The number of nitrogens with zero attached hydrogens (tertiary/aromatic N) is 1. The Labute approximate surface area is 129 Å². The Hall–Kier alpha value is -0.860. The standard InChI is InChI=1S/C19H29NO/c1-6-17-19(7-2)18(5,21-19)14(3)15(4)20(17)13-16-11-9-8-10-12-16/h8-12,14-15,17H,6-7,13H2,1-5H3/t14-,15+,17-,18-,19+/m0/s1. The van der Waals surface area contributed by atoms with Crippen LogP contribution in [0.1, 0.15) is 53.0 Å². The molecule has 0 bridgehead atoms. The average molecular weight is 287 g/mol. The second kappa shape index (κ2) is 5.10. The molecule has 0 aromatic heterocycles. The fourth-order valence-electron chi connectivity index (χ4n) is 4.80. The number of fused-ring (bicyclic) bond motifs is 1. The van der Waals surface area contributed by atoms with Gasteiger partial charge in [0.25, 0.3) is 0 Å². The first-order chi connectivity index (χ1) is 10.00. The molecule has 2 nitrogen and oxygen atoms in total. The van der Waals surface area contributed by atoms with E-state index < -0.39 is 0 Å². The van der Waals surface area contributed by atoms with Crippen LogP contribution >= 0.6 is 0 Å². The third-order valence-electron chi connectivity index (χ3n) is 6.37. The number of likely N-dealkylation sites (tertiary alicyclic amines) is 1. The summed E-state index contributed by atoms with van der Waals surface area (Å²) < 4.78 is 6.41. The Morgan fingerprint density at radius 1 is 1.14 bits per heavy atom. The van der Waals surface area contributed by atoms with E-state index in [2.05, 4.69) is 69.9 Å². The maximum atomic E-state index is 6.41. The highest BCUT2D eigenvalue weighted by molar-refractivity contribution is 5.26. The first kappa shape index (κ1) is 15.1. The minimum absolute atomic E-state index is 0.0719. The number of ether oxygens (including phenoxy) is 1. The van der Waals surface area contributed by atoms with Crippen LogP contribution in [0.15, 0.2) is 30.3 Å². The molecule has 1 aromatic rings. The average Bonchev–Trinajstić information content (AvgIpc) is 3.14. The van der Waals surface area contributed by atoms with E-state index in [0.717, 1.165) is 19.4 Å². The zero-order valence-corrected chi connectivity index (χ0v) is 14.1. The van der Waals surface area contributed by atoms with E-state index in [1.165, 1.54) is 5.56 Å². The highest BCUT2D eigenvalue weighted by atomic mass is 16.6. The summed E-state index contributed by atoms with van der Waals surface area (Å²) in [4.78, 5) is 2.69. The van der Waals surface area contributed by atoms with Gasteiger partial charge < -0.3 is 4.74 Å². The molecule has 2 heterocycles. The summed E-state index contributed by atoms with van der Waals surface area (Å²) in [5.41, 5.74) is 1.56. The van der Waals surface area contributed by atoms with Crippen LogP contribution in [0.2, 0.25) is 0 Å². The molecular weight excluding hydrogens is 258 g/mol. The lowest BCUT2D eigenvalue weighted by Gasteiger charge is -2.48. The summed E-state index contributed by atoms with van der Waals surface area (Å²) >= 11 is 0. The largest absolute Gasteiger partial charge is 0.361 e. The third-order valence-corrected chi connectivity index (χ3v) is 6.37. The first-order valence-electron chi connectivity index (χ1n) is 8.50. The van der Waals surface area contributed by atoms with Crippen molar-refractivity contribution >= 4 is 0 Å².